The summed E-state index contributed by atoms with van der Waals surface area (Å²) in [6.45, 7) is 7.95. The number of nitrogens with one attached hydrogen (secondary N) is 1. The van der Waals surface area contributed by atoms with Crippen LogP contribution in [0.5, 0.6) is 0 Å². The molecule has 3 rings (SSSR count). The summed E-state index contributed by atoms with van der Waals surface area (Å²) in [5.41, 5.74) is 5.05. The van der Waals surface area contributed by atoms with Gasteiger partial charge < -0.3 is 10.2 Å². The SMILES string of the molecule is CCCNC(=O)[C@H](Cc1ccccc1)N(Cc1ccc(C)cc1)C(=O)CN(c1cc(C)cc(C)c1)S(C)(=O)=O. The Morgan fingerprint density at radius 3 is 2.03 bits per heavy atom. The van der Waals surface area contributed by atoms with E-state index in [0.717, 1.165) is 44.8 Å². The molecular formula is C31H39N3O4S. The Hall–Kier alpha value is -3.65. The molecule has 0 unspecified atom stereocenters. The number of hydrogen-bond donors (Lipinski definition) is 1. The molecule has 0 aliphatic rings. The number of amides is 2. The van der Waals surface area contributed by atoms with Gasteiger partial charge in [-0.15, -0.1) is 0 Å². The van der Waals surface area contributed by atoms with Crippen molar-refractivity contribution in [1.82, 2.24) is 10.2 Å². The van der Waals surface area contributed by atoms with Gasteiger partial charge in [0.15, 0.2) is 0 Å². The number of nitrogens with zero attached hydrogens (tertiary/aromatic N) is 2. The molecule has 0 saturated heterocycles. The first-order valence-corrected chi connectivity index (χ1v) is 15.1. The van der Waals surface area contributed by atoms with Crippen LogP contribution in [0.4, 0.5) is 5.69 Å². The highest BCUT2D eigenvalue weighted by molar-refractivity contribution is 7.92. The summed E-state index contributed by atoms with van der Waals surface area (Å²) in [5.74, 6) is -0.716. The third-order valence-electron chi connectivity index (χ3n) is 6.47. The number of aryl methyl sites for hydroxylation is 3. The van der Waals surface area contributed by atoms with Crippen LogP contribution in [0.1, 0.15) is 41.2 Å². The zero-order valence-corrected chi connectivity index (χ0v) is 24.3. The van der Waals surface area contributed by atoms with Gasteiger partial charge in [0.1, 0.15) is 12.6 Å². The lowest BCUT2D eigenvalue weighted by Crippen LogP contribution is -2.53. The van der Waals surface area contributed by atoms with Gasteiger partial charge >= 0.3 is 0 Å². The van der Waals surface area contributed by atoms with E-state index >= 15 is 0 Å². The van der Waals surface area contributed by atoms with E-state index < -0.39 is 28.5 Å². The van der Waals surface area contributed by atoms with Crippen molar-refractivity contribution in [2.45, 2.75) is 53.1 Å². The zero-order chi connectivity index (χ0) is 28.6. The number of hydrogen-bond acceptors (Lipinski definition) is 4. The number of carbonyl (C=O) groups excluding carboxylic acids is 2. The molecule has 3 aromatic rings. The lowest BCUT2D eigenvalue weighted by molar-refractivity contribution is -0.140. The summed E-state index contributed by atoms with van der Waals surface area (Å²) in [6.07, 6.45) is 2.15. The average Bonchev–Trinajstić information content (AvgIpc) is 2.88. The van der Waals surface area contributed by atoms with Crippen LogP contribution in [-0.4, -0.2) is 50.5 Å². The van der Waals surface area contributed by atoms with Crippen molar-refractivity contribution in [3.63, 3.8) is 0 Å². The standard InChI is InChI=1S/C31H39N3O4S/c1-6-16-32-31(36)29(20-26-10-8-7-9-11-26)33(21-27-14-12-23(2)13-15-27)30(35)22-34(39(5,37)38)28-18-24(3)17-25(4)19-28/h7-15,17-19,29H,6,16,20-22H2,1-5H3,(H,32,36)/t29-/m0/s1. The lowest BCUT2D eigenvalue weighted by atomic mass is 10.0. The summed E-state index contributed by atoms with van der Waals surface area (Å²) in [7, 11) is -3.79. The highest BCUT2D eigenvalue weighted by Gasteiger charge is 2.33. The molecule has 39 heavy (non-hydrogen) atoms. The van der Waals surface area contributed by atoms with Crippen LogP contribution in [0.2, 0.25) is 0 Å². The first-order chi connectivity index (χ1) is 18.5. The number of rotatable bonds is 12. The highest BCUT2D eigenvalue weighted by Crippen LogP contribution is 2.23. The van der Waals surface area contributed by atoms with E-state index in [0.29, 0.717) is 18.7 Å². The van der Waals surface area contributed by atoms with Gasteiger partial charge in [-0.25, -0.2) is 8.42 Å². The summed E-state index contributed by atoms with van der Waals surface area (Å²) >= 11 is 0. The number of anilines is 1. The molecule has 0 fully saturated rings. The van der Waals surface area contributed by atoms with Crippen LogP contribution in [0, 0.1) is 20.8 Å². The number of carbonyl (C=O) groups is 2. The van der Waals surface area contributed by atoms with Crippen molar-refractivity contribution < 1.29 is 18.0 Å². The molecule has 1 N–H and O–H groups in total. The fraction of sp³-hybridized carbons (Fsp3) is 0.355. The van der Waals surface area contributed by atoms with Crippen molar-refractivity contribution >= 4 is 27.5 Å². The maximum absolute atomic E-state index is 14.1. The first kappa shape index (κ1) is 29.9. The average molecular weight is 550 g/mol. The van der Waals surface area contributed by atoms with Gasteiger partial charge in [-0.3, -0.25) is 13.9 Å². The maximum Gasteiger partial charge on any atom is 0.244 e. The monoisotopic (exact) mass is 549 g/mol. The van der Waals surface area contributed by atoms with Gasteiger partial charge in [-0.05, 0) is 61.6 Å². The topological polar surface area (TPSA) is 86.8 Å². The third-order valence-corrected chi connectivity index (χ3v) is 7.61. The minimum absolute atomic E-state index is 0.167. The molecular weight excluding hydrogens is 510 g/mol. The van der Waals surface area contributed by atoms with E-state index in [2.05, 4.69) is 5.32 Å². The van der Waals surface area contributed by atoms with Crippen molar-refractivity contribution in [2.75, 3.05) is 23.7 Å². The van der Waals surface area contributed by atoms with E-state index in [-0.39, 0.29) is 12.5 Å². The summed E-state index contributed by atoms with van der Waals surface area (Å²) in [5, 5.41) is 2.95. The van der Waals surface area contributed by atoms with Gasteiger partial charge in [0.25, 0.3) is 0 Å². The van der Waals surface area contributed by atoms with Crippen LogP contribution in [0.15, 0.2) is 72.8 Å². The predicted octanol–water partition coefficient (Wildman–Crippen LogP) is 4.54. The van der Waals surface area contributed by atoms with E-state index in [1.54, 1.807) is 12.1 Å². The van der Waals surface area contributed by atoms with Crippen molar-refractivity contribution in [3.05, 3.63) is 101 Å². The molecule has 208 valence electrons. The molecule has 1 atom stereocenters. The molecule has 0 aliphatic heterocycles. The van der Waals surface area contributed by atoms with Gasteiger partial charge in [-0.2, -0.15) is 0 Å². The second-order valence-electron chi connectivity index (χ2n) is 10.1. The van der Waals surface area contributed by atoms with Crippen LogP contribution in [-0.2, 0) is 32.6 Å². The normalized spacial score (nSPS) is 12.0. The van der Waals surface area contributed by atoms with Gasteiger partial charge in [0.05, 0.1) is 11.9 Å². The highest BCUT2D eigenvalue weighted by atomic mass is 32.2. The van der Waals surface area contributed by atoms with Crippen LogP contribution < -0.4 is 9.62 Å². The fourth-order valence-corrected chi connectivity index (χ4v) is 5.35. The Labute approximate surface area is 232 Å². The fourth-order valence-electron chi connectivity index (χ4n) is 4.52. The number of benzene rings is 3. The predicted molar refractivity (Wildman–Crippen MR) is 157 cm³/mol. The minimum atomic E-state index is -3.79. The Morgan fingerprint density at radius 1 is 0.846 bits per heavy atom. The van der Waals surface area contributed by atoms with E-state index in [1.165, 1.54) is 4.90 Å². The molecule has 0 bridgehead atoms. The molecule has 8 heteroatoms. The second-order valence-corrected chi connectivity index (χ2v) is 12.0. The summed E-state index contributed by atoms with van der Waals surface area (Å²) < 4.78 is 27.0. The van der Waals surface area contributed by atoms with Gasteiger partial charge in [0.2, 0.25) is 21.8 Å². The lowest BCUT2D eigenvalue weighted by Gasteiger charge is -2.33. The molecule has 7 nitrogen and oxygen atoms in total. The molecule has 0 aromatic heterocycles. The van der Waals surface area contributed by atoms with E-state index in [9.17, 15) is 18.0 Å². The molecule has 0 aliphatic carbocycles. The molecule has 0 heterocycles. The smallest absolute Gasteiger partial charge is 0.244 e. The van der Waals surface area contributed by atoms with Crippen molar-refractivity contribution in [3.8, 4) is 0 Å². The minimum Gasteiger partial charge on any atom is -0.354 e. The van der Waals surface area contributed by atoms with Gasteiger partial charge in [-0.1, -0.05) is 73.2 Å². The van der Waals surface area contributed by atoms with E-state index in [1.807, 2.05) is 88.4 Å². The quantitative estimate of drug-likeness (QED) is 0.359. The first-order valence-electron chi connectivity index (χ1n) is 13.2. The second kappa shape index (κ2) is 13.4. The van der Waals surface area contributed by atoms with Crippen LogP contribution in [0.3, 0.4) is 0 Å². The summed E-state index contributed by atoms with van der Waals surface area (Å²) in [6, 6.07) is 21.9. The Morgan fingerprint density at radius 2 is 1.46 bits per heavy atom. The largest absolute Gasteiger partial charge is 0.354 e. The van der Waals surface area contributed by atoms with Crippen molar-refractivity contribution in [2.24, 2.45) is 0 Å². The molecule has 3 aromatic carbocycles. The number of sulfonamides is 1. The van der Waals surface area contributed by atoms with Crippen LogP contribution >= 0.6 is 0 Å². The molecule has 0 saturated carbocycles. The maximum atomic E-state index is 14.1. The van der Waals surface area contributed by atoms with Gasteiger partial charge in [0, 0.05) is 19.5 Å². The molecule has 2 amide bonds. The Bertz CT molecular complexity index is 1350. The van der Waals surface area contributed by atoms with E-state index in [4.69, 9.17) is 0 Å². The Kier molecular flexibility index (Phi) is 10.3. The molecule has 0 radical (unpaired) electrons. The zero-order valence-electron chi connectivity index (χ0n) is 23.5. The summed E-state index contributed by atoms with van der Waals surface area (Å²) in [4.78, 5) is 29.1. The van der Waals surface area contributed by atoms with Crippen molar-refractivity contribution in [1.29, 1.82) is 0 Å². The van der Waals surface area contributed by atoms with Crippen LogP contribution in [0.25, 0.3) is 0 Å². The molecule has 0 spiro atoms. The third kappa shape index (κ3) is 8.68. The Balaban J connectivity index is 2.05.